The molecule has 3 saturated heterocycles. The number of rotatable bonds is 8. The standard InChI is InChI=1S/C35H61NO12/c1-12-23(37)35(10,41)30-18(4)26-16(2)14-34(9,48-26)29(47-32-25(38)22(36)13-17(3)43-32)19(5)27(20(6)31(40)46-30)45-24-15-33(8,42-11)28(39)21(7)44-24/h17-25,27-30,32,37-39,41H,12-15,36H2,1-11H3/t17?,18-,19-,20+,21?,22?,23+,24-,25?,27-,28-,29+,30+,32-,33?,34?,35+/m0/s1. The van der Waals surface area contributed by atoms with E-state index in [1.807, 2.05) is 27.7 Å². The highest BCUT2D eigenvalue weighted by atomic mass is 16.7. The van der Waals surface area contributed by atoms with Crippen molar-refractivity contribution in [1.29, 1.82) is 0 Å². The third-order valence-electron chi connectivity index (χ3n) is 11.3. The van der Waals surface area contributed by atoms with Crippen LogP contribution in [0.15, 0.2) is 11.3 Å². The number of methoxy groups -OCH3 is 1. The zero-order valence-electron chi connectivity index (χ0n) is 30.5. The molecule has 4 aliphatic rings. The van der Waals surface area contributed by atoms with Crippen LogP contribution < -0.4 is 5.73 Å². The van der Waals surface area contributed by atoms with E-state index in [9.17, 15) is 25.2 Å². The number of ether oxygens (including phenoxy) is 7. The van der Waals surface area contributed by atoms with Gasteiger partial charge in [-0.2, -0.15) is 0 Å². The van der Waals surface area contributed by atoms with E-state index in [2.05, 4.69) is 0 Å². The average molecular weight is 688 g/mol. The molecule has 0 amide bonds. The third kappa shape index (κ3) is 7.46. The second kappa shape index (κ2) is 14.7. The van der Waals surface area contributed by atoms with Gasteiger partial charge in [-0.05, 0) is 66.9 Å². The van der Waals surface area contributed by atoms with Crippen molar-refractivity contribution in [1.82, 2.24) is 0 Å². The van der Waals surface area contributed by atoms with Crippen LogP contribution in [0.25, 0.3) is 0 Å². The predicted molar refractivity (Wildman–Crippen MR) is 174 cm³/mol. The zero-order chi connectivity index (χ0) is 36.1. The van der Waals surface area contributed by atoms with Gasteiger partial charge < -0.3 is 59.3 Å². The van der Waals surface area contributed by atoms with Crippen LogP contribution in [0.1, 0.15) is 94.9 Å². The molecule has 3 fully saturated rings. The summed E-state index contributed by atoms with van der Waals surface area (Å²) < 4.78 is 44.3. The summed E-state index contributed by atoms with van der Waals surface area (Å²) in [4.78, 5) is 14.2. The first-order valence-corrected chi connectivity index (χ1v) is 17.5. The lowest BCUT2D eigenvalue weighted by molar-refractivity contribution is -0.313. The van der Waals surface area contributed by atoms with Gasteiger partial charge in [0, 0.05) is 31.9 Å². The van der Waals surface area contributed by atoms with Gasteiger partial charge >= 0.3 is 5.97 Å². The number of carbonyl (C=O) groups is 1. The summed E-state index contributed by atoms with van der Waals surface area (Å²) in [6.07, 6.45) is -7.80. The average Bonchev–Trinajstić information content (AvgIpc) is 3.34. The van der Waals surface area contributed by atoms with Crippen LogP contribution in [0.4, 0.5) is 0 Å². The number of carbonyl (C=O) groups excluding carboxylic acids is 1. The Hall–Kier alpha value is -1.39. The largest absolute Gasteiger partial charge is 0.488 e. The lowest BCUT2D eigenvalue weighted by atomic mass is 9.78. The van der Waals surface area contributed by atoms with Crippen molar-refractivity contribution in [2.75, 3.05) is 7.11 Å². The van der Waals surface area contributed by atoms with Crippen molar-refractivity contribution in [2.45, 2.75) is 179 Å². The topological polar surface area (TPSA) is 189 Å². The highest BCUT2D eigenvalue weighted by molar-refractivity contribution is 5.73. The molecule has 13 nitrogen and oxygen atoms in total. The second-order valence-electron chi connectivity index (χ2n) is 15.5. The number of esters is 1. The van der Waals surface area contributed by atoms with Crippen molar-refractivity contribution < 1.29 is 58.4 Å². The van der Waals surface area contributed by atoms with Crippen LogP contribution in [0.5, 0.6) is 0 Å². The molecule has 4 heterocycles. The third-order valence-corrected chi connectivity index (χ3v) is 11.3. The van der Waals surface area contributed by atoms with Crippen molar-refractivity contribution in [3.05, 3.63) is 11.3 Å². The highest BCUT2D eigenvalue weighted by Gasteiger charge is 2.56. The number of cyclic esters (lactones) is 1. The van der Waals surface area contributed by atoms with Gasteiger partial charge in [0.1, 0.15) is 41.4 Å². The maximum absolute atomic E-state index is 14.2. The molecule has 17 atom stereocenters. The normalized spacial score (nSPS) is 47.8. The van der Waals surface area contributed by atoms with Crippen LogP contribution in [0.3, 0.4) is 0 Å². The van der Waals surface area contributed by atoms with Crippen LogP contribution in [-0.4, -0.2) is 118 Å². The van der Waals surface area contributed by atoms with E-state index in [1.54, 1.807) is 34.6 Å². The predicted octanol–water partition coefficient (Wildman–Crippen LogP) is 2.29. The summed E-state index contributed by atoms with van der Waals surface area (Å²) in [6.45, 7) is 17.8. The first-order chi connectivity index (χ1) is 22.2. The van der Waals surface area contributed by atoms with E-state index in [-0.39, 0.29) is 18.9 Å². The van der Waals surface area contributed by atoms with Crippen LogP contribution >= 0.6 is 0 Å². The fourth-order valence-corrected chi connectivity index (χ4v) is 8.27. The minimum absolute atomic E-state index is 0.165. The second-order valence-corrected chi connectivity index (χ2v) is 15.5. The molecule has 6 unspecified atom stereocenters. The van der Waals surface area contributed by atoms with E-state index >= 15 is 0 Å². The smallest absolute Gasteiger partial charge is 0.311 e. The van der Waals surface area contributed by atoms with E-state index in [0.717, 1.165) is 5.57 Å². The molecule has 0 saturated carbocycles. The van der Waals surface area contributed by atoms with Gasteiger partial charge in [-0.15, -0.1) is 0 Å². The lowest BCUT2D eigenvalue weighted by Gasteiger charge is -2.48. The maximum atomic E-state index is 14.2. The Morgan fingerprint density at radius 2 is 1.73 bits per heavy atom. The van der Waals surface area contributed by atoms with Gasteiger partial charge in [0.15, 0.2) is 12.6 Å². The molecule has 4 aliphatic heterocycles. The Morgan fingerprint density at radius 1 is 1.08 bits per heavy atom. The van der Waals surface area contributed by atoms with Gasteiger partial charge in [0.05, 0.1) is 41.9 Å². The number of hydrogen-bond acceptors (Lipinski definition) is 13. The molecule has 0 radical (unpaired) electrons. The summed E-state index contributed by atoms with van der Waals surface area (Å²) >= 11 is 0. The summed E-state index contributed by atoms with van der Waals surface area (Å²) in [7, 11) is 1.52. The Balaban J connectivity index is 1.82. The SMILES string of the molecule is CC[C@@H](O)[C@@](C)(O)[C@@H]1OC(=O)[C@H](C)[C@@H](O[C@H]2CC(C)(OC)[C@@H](O)C(C)O2)[C@H](C)[C@@H](O[C@@H]2OC(C)CC(N)C2O)C2(C)CC(C)=C(O2)[C@@H]1C. The summed E-state index contributed by atoms with van der Waals surface area (Å²) in [6, 6.07) is -0.575. The fourth-order valence-electron chi connectivity index (χ4n) is 8.27. The molecule has 0 aliphatic carbocycles. The molecule has 4 rings (SSSR count). The molecule has 2 bridgehead atoms. The van der Waals surface area contributed by atoms with Gasteiger partial charge in [-0.25, -0.2) is 0 Å². The van der Waals surface area contributed by atoms with E-state index in [0.29, 0.717) is 18.6 Å². The number of fused-ring (bicyclic) bond motifs is 2. The van der Waals surface area contributed by atoms with Crippen LogP contribution in [0.2, 0.25) is 0 Å². The number of aliphatic hydroxyl groups excluding tert-OH is 3. The molecule has 6 N–H and O–H groups in total. The summed E-state index contributed by atoms with van der Waals surface area (Å²) in [5.74, 6) is -2.33. The van der Waals surface area contributed by atoms with E-state index in [1.165, 1.54) is 14.0 Å². The van der Waals surface area contributed by atoms with E-state index in [4.69, 9.17) is 38.9 Å². The quantitative estimate of drug-likeness (QED) is 0.234. The monoisotopic (exact) mass is 687 g/mol. The van der Waals surface area contributed by atoms with Crippen molar-refractivity contribution in [3.63, 3.8) is 0 Å². The summed E-state index contributed by atoms with van der Waals surface area (Å²) in [5, 5.41) is 44.6. The van der Waals surface area contributed by atoms with E-state index < -0.39 is 102 Å². The lowest BCUT2D eigenvalue weighted by Crippen LogP contribution is -2.60. The molecule has 0 aromatic rings. The minimum Gasteiger partial charge on any atom is -0.488 e. The van der Waals surface area contributed by atoms with Gasteiger partial charge in [-0.3, -0.25) is 4.79 Å². The Labute approximate surface area is 285 Å². The fraction of sp³-hybridized carbons (Fsp3) is 0.914. The Bertz CT molecular complexity index is 1170. The van der Waals surface area contributed by atoms with Crippen molar-refractivity contribution >= 4 is 5.97 Å². The van der Waals surface area contributed by atoms with Crippen molar-refractivity contribution in [3.8, 4) is 0 Å². The molecule has 278 valence electrons. The first-order valence-electron chi connectivity index (χ1n) is 17.5. The van der Waals surface area contributed by atoms with Crippen LogP contribution in [0, 0.1) is 17.8 Å². The van der Waals surface area contributed by atoms with Crippen LogP contribution in [-0.2, 0) is 38.0 Å². The highest BCUT2D eigenvalue weighted by Crippen LogP contribution is 2.48. The molecule has 0 aromatic heterocycles. The number of nitrogens with two attached hydrogens (primary N) is 1. The number of aliphatic hydroxyl groups is 4. The summed E-state index contributed by atoms with van der Waals surface area (Å²) in [5.41, 5.74) is 3.29. The van der Waals surface area contributed by atoms with Gasteiger partial charge in [-0.1, -0.05) is 20.8 Å². The number of hydrogen-bond donors (Lipinski definition) is 5. The Morgan fingerprint density at radius 3 is 2.33 bits per heavy atom. The molecule has 48 heavy (non-hydrogen) atoms. The van der Waals surface area contributed by atoms with Gasteiger partial charge in [0.2, 0.25) is 0 Å². The maximum Gasteiger partial charge on any atom is 0.311 e. The Kier molecular flexibility index (Phi) is 12.1. The van der Waals surface area contributed by atoms with Gasteiger partial charge in [0.25, 0.3) is 0 Å². The molecular weight excluding hydrogens is 626 g/mol. The minimum atomic E-state index is -1.82. The zero-order valence-corrected chi connectivity index (χ0v) is 30.5. The first kappa shape index (κ1) is 39.4. The molecule has 0 spiro atoms. The van der Waals surface area contributed by atoms with Crippen molar-refractivity contribution in [2.24, 2.45) is 23.5 Å². The molecule has 13 heteroatoms. The molecule has 0 aromatic carbocycles. The molecular formula is C35H61NO12.